The van der Waals surface area contributed by atoms with Crippen LogP contribution in [0.3, 0.4) is 0 Å². The Morgan fingerprint density at radius 2 is 1.60 bits per heavy atom. The van der Waals surface area contributed by atoms with Crippen molar-refractivity contribution in [2.24, 2.45) is 0 Å². The Morgan fingerprint density at radius 1 is 0.800 bits per heavy atom. The summed E-state index contributed by atoms with van der Waals surface area (Å²) in [5.41, 5.74) is 3.34. The maximum absolute atomic E-state index is 5.53. The van der Waals surface area contributed by atoms with E-state index < -0.39 is 0 Å². The average molecular weight is 424 g/mol. The van der Waals surface area contributed by atoms with Gasteiger partial charge in [0, 0.05) is 40.5 Å². The lowest BCUT2D eigenvalue weighted by atomic mass is 10.1. The van der Waals surface area contributed by atoms with Crippen LogP contribution < -0.4 is 24.3 Å². The van der Waals surface area contributed by atoms with Gasteiger partial charge in [0.1, 0.15) is 5.75 Å². The zero-order valence-electron chi connectivity index (χ0n) is 16.9. The molecule has 3 aromatic heterocycles. The molecule has 0 spiro atoms. The molecule has 4 aromatic rings. The van der Waals surface area contributed by atoms with Crippen LogP contribution in [-0.4, -0.2) is 43.4 Å². The van der Waals surface area contributed by atoms with Crippen LogP contribution in [0, 0.1) is 0 Å². The summed E-state index contributed by atoms with van der Waals surface area (Å²) >= 11 is 1.56. The molecular weight excluding hydrogens is 404 g/mol. The van der Waals surface area contributed by atoms with E-state index in [0.717, 1.165) is 27.0 Å². The third kappa shape index (κ3) is 3.67. The van der Waals surface area contributed by atoms with Crippen LogP contribution in [-0.2, 0) is 0 Å². The molecule has 1 N–H and O–H groups in total. The third-order valence-electron chi connectivity index (χ3n) is 4.51. The normalized spacial score (nSPS) is 10.7. The molecule has 0 unspecified atom stereocenters. The van der Waals surface area contributed by atoms with E-state index in [4.69, 9.17) is 23.9 Å². The molecule has 0 radical (unpaired) electrons. The van der Waals surface area contributed by atoms with Gasteiger partial charge in [-0.1, -0.05) is 0 Å². The van der Waals surface area contributed by atoms with E-state index in [1.807, 2.05) is 23.6 Å². The van der Waals surface area contributed by atoms with Gasteiger partial charge in [-0.15, -0.1) is 11.3 Å². The Kier molecular flexibility index (Phi) is 5.53. The van der Waals surface area contributed by atoms with Crippen molar-refractivity contribution < 1.29 is 18.9 Å². The highest BCUT2D eigenvalue weighted by molar-refractivity contribution is 7.17. The predicted molar refractivity (Wildman–Crippen MR) is 117 cm³/mol. The standard InChI is InChI=1S/C21H20N4O4S/c1-26-15-6-5-12(7-17(15)28-3)24-21-23-10-18-20(25-21)14(11-30-18)13-9-22-19(29-4)8-16(13)27-2/h5-11H,1-4H3,(H,23,24,25). The van der Waals surface area contributed by atoms with E-state index in [1.54, 1.807) is 58.2 Å². The number of hydrogen-bond donors (Lipinski definition) is 1. The van der Waals surface area contributed by atoms with Gasteiger partial charge in [0.2, 0.25) is 11.8 Å². The van der Waals surface area contributed by atoms with Gasteiger partial charge in [-0.05, 0) is 12.1 Å². The lowest BCUT2D eigenvalue weighted by Crippen LogP contribution is -1.98. The molecule has 0 saturated heterocycles. The van der Waals surface area contributed by atoms with Crippen molar-refractivity contribution in [3.63, 3.8) is 0 Å². The van der Waals surface area contributed by atoms with E-state index >= 15 is 0 Å². The van der Waals surface area contributed by atoms with Crippen molar-refractivity contribution in [1.29, 1.82) is 0 Å². The molecule has 0 saturated carbocycles. The van der Waals surface area contributed by atoms with E-state index in [2.05, 4.69) is 15.3 Å². The summed E-state index contributed by atoms with van der Waals surface area (Å²) in [5, 5.41) is 5.24. The molecule has 0 atom stereocenters. The number of fused-ring (bicyclic) bond motifs is 1. The number of thiophene rings is 1. The van der Waals surface area contributed by atoms with Crippen LogP contribution in [0.1, 0.15) is 0 Å². The number of benzene rings is 1. The van der Waals surface area contributed by atoms with Crippen LogP contribution in [0.25, 0.3) is 21.3 Å². The molecule has 30 heavy (non-hydrogen) atoms. The minimum Gasteiger partial charge on any atom is -0.496 e. The zero-order chi connectivity index (χ0) is 21.1. The molecular formula is C21H20N4O4S. The van der Waals surface area contributed by atoms with Crippen LogP contribution in [0.5, 0.6) is 23.1 Å². The highest BCUT2D eigenvalue weighted by atomic mass is 32.1. The summed E-state index contributed by atoms with van der Waals surface area (Å²) in [6.45, 7) is 0. The second-order valence-corrected chi connectivity index (χ2v) is 7.09. The van der Waals surface area contributed by atoms with Gasteiger partial charge in [0.25, 0.3) is 0 Å². The molecule has 0 amide bonds. The van der Waals surface area contributed by atoms with E-state index in [1.165, 1.54) is 0 Å². The van der Waals surface area contributed by atoms with Gasteiger partial charge < -0.3 is 24.3 Å². The first-order valence-corrected chi connectivity index (χ1v) is 9.86. The van der Waals surface area contributed by atoms with E-state index in [0.29, 0.717) is 29.1 Å². The maximum Gasteiger partial charge on any atom is 0.227 e. The van der Waals surface area contributed by atoms with Gasteiger partial charge >= 0.3 is 0 Å². The predicted octanol–water partition coefficient (Wildman–Crippen LogP) is 4.53. The molecule has 0 aliphatic carbocycles. The number of rotatable bonds is 7. The van der Waals surface area contributed by atoms with Crippen molar-refractivity contribution in [2.45, 2.75) is 0 Å². The molecule has 8 nitrogen and oxygen atoms in total. The number of ether oxygens (including phenoxy) is 4. The summed E-state index contributed by atoms with van der Waals surface area (Å²) in [6, 6.07) is 7.28. The average Bonchev–Trinajstić information content (AvgIpc) is 3.21. The summed E-state index contributed by atoms with van der Waals surface area (Å²) < 4.78 is 22.3. The van der Waals surface area contributed by atoms with Gasteiger partial charge in [-0.3, -0.25) is 0 Å². The number of nitrogens with zero attached hydrogens (tertiary/aromatic N) is 3. The molecule has 154 valence electrons. The molecule has 4 rings (SSSR count). The second kappa shape index (κ2) is 8.42. The fourth-order valence-electron chi connectivity index (χ4n) is 3.02. The summed E-state index contributed by atoms with van der Waals surface area (Å²) in [4.78, 5) is 13.5. The molecule has 0 aliphatic rings. The molecule has 0 fully saturated rings. The van der Waals surface area contributed by atoms with Crippen LogP contribution in [0.15, 0.2) is 42.0 Å². The maximum atomic E-state index is 5.53. The summed E-state index contributed by atoms with van der Waals surface area (Å²) in [6.07, 6.45) is 3.52. The second-order valence-electron chi connectivity index (χ2n) is 6.18. The highest BCUT2D eigenvalue weighted by Gasteiger charge is 2.16. The molecule has 9 heteroatoms. The Balaban J connectivity index is 1.72. The Bertz CT molecular complexity index is 1200. The van der Waals surface area contributed by atoms with Crippen LogP contribution in [0.4, 0.5) is 11.6 Å². The van der Waals surface area contributed by atoms with Crippen molar-refractivity contribution in [2.75, 3.05) is 33.8 Å². The minimum atomic E-state index is 0.467. The summed E-state index contributed by atoms with van der Waals surface area (Å²) in [5.74, 6) is 2.89. The zero-order valence-corrected chi connectivity index (χ0v) is 17.7. The van der Waals surface area contributed by atoms with Crippen molar-refractivity contribution in [3.8, 4) is 34.3 Å². The Labute approximate surface area is 177 Å². The first-order valence-electron chi connectivity index (χ1n) is 8.98. The Hall–Kier alpha value is -3.59. The van der Waals surface area contributed by atoms with Crippen LogP contribution in [0.2, 0.25) is 0 Å². The van der Waals surface area contributed by atoms with Crippen molar-refractivity contribution in [1.82, 2.24) is 15.0 Å². The molecule has 3 heterocycles. The third-order valence-corrected chi connectivity index (χ3v) is 5.42. The number of pyridine rings is 1. The molecule has 0 bridgehead atoms. The monoisotopic (exact) mass is 424 g/mol. The van der Waals surface area contributed by atoms with Crippen molar-refractivity contribution >= 4 is 33.2 Å². The van der Waals surface area contributed by atoms with Gasteiger partial charge in [-0.2, -0.15) is 0 Å². The quantitative estimate of drug-likeness (QED) is 0.463. The SMILES string of the molecule is COc1cc(OC)c(-c2csc3cnc(Nc4ccc(OC)c(OC)c4)nc23)cn1. The molecule has 1 aromatic carbocycles. The number of nitrogens with one attached hydrogen (secondary N) is 1. The molecule has 0 aliphatic heterocycles. The topological polar surface area (TPSA) is 87.6 Å². The first kappa shape index (κ1) is 19.7. The lowest BCUT2D eigenvalue weighted by Gasteiger charge is -2.11. The van der Waals surface area contributed by atoms with E-state index in [9.17, 15) is 0 Å². The number of anilines is 2. The minimum absolute atomic E-state index is 0.467. The lowest BCUT2D eigenvalue weighted by molar-refractivity contribution is 0.355. The first-order chi connectivity index (χ1) is 14.7. The van der Waals surface area contributed by atoms with Gasteiger partial charge in [0.15, 0.2) is 11.5 Å². The van der Waals surface area contributed by atoms with E-state index in [-0.39, 0.29) is 0 Å². The summed E-state index contributed by atoms with van der Waals surface area (Å²) in [7, 11) is 6.38. The number of aromatic nitrogens is 3. The van der Waals surface area contributed by atoms with Gasteiger partial charge in [-0.25, -0.2) is 15.0 Å². The highest BCUT2D eigenvalue weighted by Crippen LogP contribution is 2.39. The van der Waals surface area contributed by atoms with Gasteiger partial charge in [0.05, 0.1) is 44.9 Å². The largest absolute Gasteiger partial charge is 0.496 e. The Morgan fingerprint density at radius 3 is 2.33 bits per heavy atom. The van der Waals surface area contributed by atoms with Crippen LogP contribution >= 0.6 is 11.3 Å². The number of hydrogen-bond acceptors (Lipinski definition) is 9. The fourth-order valence-corrected chi connectivity index (χ4v) is 3.89. The fraction of sp³-hybridized carbons (Fsp3) is 0.190. The number of methoxy groups -OCH3 is 4. The van der Waals surface area contributed by atoms with Crippen molar-refractivity contribution in [3.05, 3.63) is 42.0 Å². The smallest absolute Gasteiger partial charge is 0.227 e.